The highest BCUT2D eigenvalue weighted by molar-refractivity contribution is 7.98. The fourth-order valence-electron chi connectivity index (χ4n) is 3.38. The number of hydrogen-bond acceptors (Lipinski definition) is 2. The number of ketones is 1. The largest absolute Gasteiger partial charge is 0.289 e. The summed E-state index contributed by atoms with van der Waals surface area (Å²) in [5.74, 6) is 0.0400. The van der Waals surface area contributed by atoms with Gasteiger partial charge < -0.3 is 0 Å². The standard InChI is InChI=1S/C21H15ClOS/c1-24-15-12-10-14(11-13-15)21(22)18-8-4-2-6-16(18)20(23)17-7-3-5-9-19(17)21/h2-13H,1H3. The molecule has 0 fully saturated rings. The van der Waals surface area contributed by atoms with Crippen molar-refractivity contribution < 1.29 is 4.79 Å². The van der Waals surface area contributed by atoms with Gasteiger partial charge in [0.1, 0.15) is 4.87 Å². The van der Waals surface area contributed by atoms with Crippen molar-refractivity contribution in [1.82, 2.24) is 0 Å². The number of hydrogen-bond donors (Lipinski definition) is 0. The number of rotatable bonds is 2. The Hall–Kier alpha value is -2.03. The van der Waals surface area contributed by atoms with Gasteiger partial charge in [-0.05, 0) is 35.1 Å². The van der Waals surface area contributed by atoms with Gasteiger partial charge in [0.15, 0.2) is 5.78 Å². The lowest BCUT2D eigenvalue weighted by atomic mass is 9.73. The van der Waals surface area contributed by atoms with Crippen LogP contribution < -0.4 is 0 Å². The summed E-state index contributed by atoms with van der Waals surface area (Å²) in [5.41, 5.74) is 4.05. The average molecular weight is 351 g/mol. The molecule has 0 saturated heterocycles. The Bertz CT molecular complexity index is 881. The van der Waals surface area contributed by atoms with Gasteiger partial charge in [0.25, 0.3) is 0 Å². The van der Waals surface area contributed by atoms with E-state index in [9.17, 15) is 4.79 Å². The summed E-state index contributed by atoms with van der Waals surface area (Å²) in [6.45, 7) is 0. The monoisotopic (exact) mass is 350 g/mol. The summed E-state index contributed by atoms with van der Waals surface area (Å²) in [4.78, 5) is 13.2. The first-order valence-corrected chi connectivity index (χ1v) is 9.33. The van der Waals surface area contributed by atoms with Gasteiger partial charge in [0.2, 0.25) is 0 Å². The fourth-order valence-corrected chi connectivity index (χ4v) is 4.25. The van der Waals surface area contributed by atoms with Crippen molar-refractivity contribution >= 4 is 29.1 Å². The van der Waals surface area contributed by atoms with E-state index in [-0.39, 0.29) is 5.78 Å². The molecule has 0 bridgehead atoms. The summed E-state index contributed by atoms with van der Waals surface area (Å²) >= 11 is 8.96. The fraction of sp³-hybridized carbons (Fsp3) is 0.0952. The molecule has 3 aromatic carbocycles. The molecular formula is C21H15ClOS. The van der Waals surface area contributed by atoms with Gasteiger partial charge in [-0.25, -0.2) is 0 Å². The first-order chi connectivity index (χ1) is 11.7. The summed E-state index contributed by atoms with van der Waals surface area (Å²) in [6, 6.07) is 23.6. The Labute approximate surface area is 150 Å². The molecule has 0 spiro atoms. The van der Waals surface area contributed by atoms with E-state index in [1.54, 1.807) is 11.8 Å². The van der Waals surface area contributed by atoms with Crippen LogP contribution in [0.4, 0.5) is 0 Å². The molecule has 0 unspecified atom stereocenters. The highest BCUT2D eigenvalue weighted by Crippen LogP contribution is 2.49. The third-order valence-corrected chi connectivity index (χ3v) is 5.94. The number of benzene rings is 3. The van der Waals surface area contributed by atoms with Crippen molar-refractivity contribution in [1.29, 1.82) is 0 Å². The Kier molecular flexibility index (Phi) is 3.75. The van der Waals surface area contributed by atoms with E-state index >= 15 is 0 Å². The van der Waals surface area contributed by atoms with Crippen molar-refractivity contribution in [3.8, 4) is 0 Å². The van der Waals surface area contributed by atoms with Gasteiger partial charge >= 0.3 is 0 Å². The van der Waals surface area contributed by atoms with Crippen LogP contribution in [0.2, 0.25) is 0 Å². The van der Waals surface area contributed by atoms with E-state index < -0.39 is 4.87 Å². The average Bonchev–Trinajstić information content (AvgIpc) is 2.66. The Morgan fingerprint density at radius 1 is 0.792 bits per heavy atom. The van der Waals surface area contributed by atoms with Crippen LogP contribution in [0.3, 0.4) is 0 Å². The normalized spacial score (nSPS) is 14.8. The number of thioether (sulfide) groups is 1. The van der Waals surface area contributed by atoms with Gasteiger partial charge in [0, 0.05) is 16.0 Å². The molecule has 1 nitrogen and oxygen atoms in total. The van der Waals surface area contributed by atoms with Crippen molar-refractivity contribution in [3.05, 3.63) is 101 Å². The first kappa shape index (κ1) is 15.5. The van der Waals surface area contributed by atoms with Crippen molar-refractivity contribution in [3.63, 3.8) is 0 Å². The Morgan fingerprint density at radius 3 is 1.79 bits per heavy atom. The minimum Gasteiger partial charge on any atom is -0.289 e. The molecule has 0 heterocycles. The number of alkyl halides is 1. The van der Waals surface area contributed by atoms with E-state index in [0.29, 0.717) is 11.1 Å². The lowest BCUT2D eigenvalue weighted by Gasteiger charge is -2.35. The molecule has 118 valence electrons. The van der Waals surface area contributed by atoms with Crippen LogP contribution in [-0.2, 0) is 4.87 Å². The number of halogens is 1. The predicted octanol–water partition coefficient (Wildman–Crippen LogP) is 5.48. The van der Waals surface area contributed by atoms with Crippen LogP contribution >= 0.6 is 23.4 Å². The second-order valence-corrected chi connectivity index (χ2v) is 7.25. The topological polar surface area (TPSA) is 17.1 Å². The van der Waals surface area contributed by atoms with Crippen molar-refractivity contribution in [2.45, 2.75) is 9.77 Å². The molecular weight excluding hydrogens is 336 g/mol. The molecule has 0 amide bonds. The molecule has 4 rings (SSSR count). The minimum atomic E-state index is -0.849. The summed E-state index contributed by atoms with van der Waals surface area (Å²) in [7, 11) is 0. The van der Waals surface area contributed by atoms with Crippen LogP contribution in [0.1, 0.15) is 32.6 Å². The zero-order valence-corrected chi connectivity index (χ0v) is 14.7. The van der Waals surface area contributed by atoms with E-state index in [1.165, 1.54) is 4.90 Å². The summed E-state index contributed by atoms with van der Waals surface area (Å²) < 4.78 is 0. The Balaban J connectivity index is 2.03. The van der Waals surface area contributed by atoms with E-state index in [1.807, 2.05) is 48.5 Å². The first-order valence-electron chi connectivity index (χ1n) is 7.73. The lowest BCUT2D eigenvalue weighted by Crippen LogP contribution is -2.32. The van der Waals surface area contributed by atoms with Crippen molar-refractivity contribution in [2.24, 2.45) is 0 Å². The summed E-state index contributed by atoms with van der Waals surface area (Å²) in [6.07, 6.45) is 2.05. The molecule has 0 radical (unpaired) electrons. The molecule has 3 heteroatoms. The predicted molar refractivity (Wildman–Crippen MR) is 100 cm³/mol. The zero-order chi connectivity index (χ0) is 16.7. The molecule has 1 aliphatic carbocycles. The molecule has 0 aromatic heterocycles. The van der Waals surface area contributed by atoms with Crippen LogP contribution in [0.15, 0.2) is 77.7 Å². The highest BCUT2D eigenvalue weighted by atomic mass is 35.5. The lowest BCUT2D eigenvalue weighted by molar-refractivity contribution is 0.103. The van der Waals surface area contributed by atoms with Crippen LogP contribution in [0.5, 0.6) is 0 Å². The maximum absolute atomic E-state index is 12.9. The number of fused-ring (bicyclic) bond motifs is 2. The van der Waals surface area contributed by atoms with Gasteiger partial charge in [-0.1, -0.05) is 60.7 Å². The molecule has 24 heavy (non-hydrogen) atoms. The minimum absolute atomic E-state index is 0.0400. The summed E-state index contributed by atoms with van der Waals surface area (Å²) in [5, 5.41) is 0. The maximum atomic E-state index is 12.9. The molecule has 0 N–H and O–H groups in total. The molecule has 0 atom stereocenters. The number of carbonyl (C=O) groups excluding carboxylic acids is 1. The van der Waals surface area contributed by atoms with Gasteiger partial charge in [-0.2, -0.15) is 0 Å². The van der Waals surface area contributed by atoms with E-state index in [0.717, 1.165) is 16.7 Å². The maximum Gasteiger partial charge on any atom is 0.193 e. The molecule has 3 aromatic rings. The second kappa shape index (κ2) is 5.80. The van der Waals surface area contributed by atoms with Crippen LogP contribution in [0, 0.1) is 0 Å². The molecule has 0 aliphatic heterocycles. The molecule has 0 saturated carbocycles. The third-order valence-electron chi connectivity index (χ3n) is 4.57. The van der Waals surface area contributed by atoms with Gasteiger partial charge in [-0.15, -0.1) is 23.4 Å². The van der Waals surface area contributed by atoms with E-state index in [2.05, 4.69) is 30.5 Å². The Morgan fingerprint density at radius 2 is 1.29 bits per heavy atom. The quantitative estimate of drug-likeness (QED) is 0.449. The van der Waals surface area contributed by atoms with Crippen molar-refractivity contribution in [2.75, 3.05) is 6.26 Å². The number of carbonyl (C=O) groups is 1. The smallest absolute Gasteiger partial charge is 0.193 e. The van der Waals surface area contributed by atoms with Gasteiger partial charge in [-0.3, -0.25) is 4.79 Å². The highest BCUT2D eigenvalue weighted by Gasteiger charge is 2.43. The second-order valence-electron chi connectivity index (χ2n) is 5.81. The van der Waals surface area contributed by atoms with Crippen LogP contribution in [-0.4, -0.2) is 12.0 Å². The zero-order valence-electron chi connectivity index (χ0n) is 13.1. The third kappa shape index (κ3) is 2.14. The molecule has 1 aliphatic rings. The van der Waals surface area contributed by atoms with Gasteiger partial charge in [0.05, 0.1) is 0 Å². The van der Waals surface area contributed by atoms with E-state index in [4.69, 9.17) is 11.6 Å². The SMILES string of the molecule is CSc1ccc(C2(Cl)c3ccccc3C(=O)c3ccccc32)cc1. The van der Waals surface area contributed by atoms with Crippen LogP contribution in [0.25, 0.3) is 0 Å².